The van der Waals surface area contributed by atoms with Gasteiger partial charge in [-0.05, 0) is 17.0 Å². The van der Waals surface area contributed by atoms with Crippen LogP contribution in [0.15, 0.2) is 29.6 Å². The average Bonchev–Trinajstić information content (AvgIpc) is 3.05. The van der Waals surface area contributed by atoms with Crippen molar-refractivity contribution in [3.05, 3.63) is 45.6 Å². The van der Waals surface area contributed by atoms with Gasteiger partial charge in [0.2, 0.25) is 0 Å². The molecule has 18 heavy (non-hydrogen) atoms. The molecule has 0 spiro atoms. The Kier molecular flexibility index (Phi) is 2.97. The smallest absolute Gasteiger partial charge is 0.134 e. The second-order valence-electron chi connectivity index (χ2n) is 4.26. The van der Waals surface area contributed by atoms with Gasteiger partial charge in [0.1, 0.15) is 11.5 Å². The molecule has 0 saturated carbocycles. The molecule has 4 heteroatoms. The number of nitrogens with two attached hydrogens (primary N) is 1. The van der Waals surface area contributed by atoms with E-state index in [4.69, 9.17) is 15.2 Å². The Hall–Kier alpha value is -1.52. The normalized spacial score (nSPS) is 15.0. The standard InChI is InChI=1S/C14H15NO2S/c1-16-11-6-8-18-14(11)12(15)10-4-2-3-9-5-7-17-13(9)10/h2-4,6,8,12H,5,7,15H2,1H3. The molecule has 2 aromatic rings. The number of para-hydroxylation sites is 1. The SMILES string of the molecule is COc1ccsc1C(N)c1cccc2c1OCC2. The summed E-state index contributed by atoms with van der Waals surface area (Å²) >= 11 is 1.62. The van der Waals surface area contributed by atoms with E-state index >= 15 is 0 Å². The molecule has 0 fully saturated rings. The van der Waals surface area contributed by atoms with Crippen LogP contribution >= 0.6 is 11.3 Å². The number of thiophene rings is 1. The molecule has 0 amide bonds. The van der Waals surface area contributed by atoms with Crippen LogP contribution in [-0.4, -0.2) is 13.7 Å². The Balaban J connectivity index is 2.03. The van der Waals surface area contributed by atoms with E-state index in [0.717, 1.165) is 35.0 Å². The van der Waals surface area contributed by atoms with E-state index in [2.05, 4.69) is 6.07 Å². The fraction of sp³-hybridized carbons (Fsp3) is 0.286. The Morgan fingerprint density at radius 2 is 2.28 bits per heavy atom. The number of fused-ring (bicyclic) bond motifs is 1. The summed E-state index contributed by atoms with van der Waals surface area (Å²) in [7, 11) is 1.67. The van der Waals surface area contributed by atoms with Crippen LogP contribution in [0.5, 0.6) is 11.5 Å². The lowest BCUT2D eigenvalue weighted by Crippen LogP contribution is -2.12. The molecule has 1 aromatic carbocycles. The first kappa shape index (κ1) is 11.6. The summed E-state index contributed by atoms with van der Waals surface area (Å²) in [4.78, 5) is 1.04. The zero-order valence-electron chi connectivity index (χ0n) is 10.2. The third kappa shape index (κ3) is 1.78. The first-order valence-electron chi connectivity index (χ1n) is 5.93. The van der Waals surface area contributed by atoms with Crippen molar-refractivity contribution in [3.63, 3.8) is 0 Å². The van der Waals surface area contributed by atoms with Crippen molar-refractivity contribution >= 4 is 11.3 Å². The summed E-state index contributed by atoms with van der Waals surface area (Å²) in [5, 5.41) is 2.00. The van der Waals surface area contributed by atoms with E-state index in [0.29, 0.717) is 0 Å². The number of hydrogen-bond acceptors (Lipinski definition) is 4. The molecule has 1 aliphatic rings. The van der Waals surface area contributed by atoms with Crippen LogP contribution in [0.3, 0.4) is 0 Å². The molecule has 0 radical (unpaired) electrons. The van der Waals surface area contributed by atoms with Crippen molar-refractivity contribution in [3.8, 4) is 11.5 Å². The van der Waals surface area contributed by atoms with E-state index in [1.54, 1.807) is 18.4 Å². The molecular formula is C14H15NO2S. The summed E-state index contributed by atoms with van der Waals surface area (Å²) in [6.07, 6.45) is 0.970. The molecule has 2 heterocycles. The van der Waals surface area contributed by atoms with E-state index in [9.17, 15) is 0 Å². The molecule has 1 atom stereocenters. The second-order valence-corrected chi connectivity index (χ2v) is 5.21. The number of rotatable bonds is 3. The molecule has 3 rings (SSSR count). The molecule has 0 aliphatic carbocycles. The highest BCUT2D eigenvalue weighted by atomic mass is 32.1. The molecule has 1 unspecified atom stereocenters. The van der Waals surface area contributed by atoms with E-state index in [1.807, 2.05) is 23.6 Å². The largest absolute Gasteiger partial charge is 0.496 e. The number of hydrogen-bond donors (Lipinski definition) is 1. The van der Waals surface area contributed by atoms with Crippen LogP contribution < -0.4 is 15.2 Å². The van der Waals surface area contributed by atoms with Gasteiger partial charge in [-0.2, -0.15) is 0 Å². The quantitative estimate of drug-likeness (QED) is 0.924. The van der Waals surface area contributed by atoms with E-state index in [-0.39, 0.29) is 6.04 Å². The van der Waals surface area contributed by atoms with Gasteiger partial charge in [0.15, 0.2) is 0 Å². The Morgan fingerprint density at radius 3 is 3.11 bits per heavy atom. The van der Waals surface area contributed by atoms with Gasteiger partial charge in [0.25, 0.3) is 0 Å². The number of benzene rings is 1. The maximum atomic E-state index is 6.36. The molecular weight excluding hydrogens is 246 g/mol. The minimum Gasteiger partial charge on any atom is -0.496 e. The lowest BCUT2D eigenvalue weighted by Gasteiger charge is -2.15. The van der Waals surface area contributed by atoms with E-state index in [1.165, 1.54) is 5.56 Å². The van der Waals surface area contributed by atoms with Crippen molar-refractivity contribution < 1.29 is 9.47 Å². The summed E-state index contributed by atoms with van der Waals surface area (Å²) < 4.78 is 11.0. The molecule has 94 valence electrons. The average molecular weight is 261 g/mol. The van der Waals surface area contributed by atoms with Crippen molar-refractivity contribution in [2.45, 2.75) is 12.5 Å². The van der Waals surface area contributed by atoms with Crippen LogP contribution in [-0.2, 0) is 6.42 Å². The molecule has 1 aliphatic heterocycles. The zero-order chi connectivity index (χ0) is 12.5. The van der Waals surface area contributed by atoms with Crippen LogP contribution in [0, 0.1) is 0 Å². The summed E-state index contributed by atoms with van der Waals surface area (Å²) in [6.45, 7) is 0.751. The zero-order valence-corrected chi connectivity index (χ0v) is 11.0. The minimum atomic E-state index is -0.187. The molecule has 0 saturated heterocycles. The highest BCUT2D eigenvalue weighted by Gasteiger charge is 2.23. The lowest BCUT2D eigenvalue weighted by atomic mass is 10.0. The van der Waals surface area contributed by atoms with Gasteiger partial charge in [0, 0.05) is 12.0 Å². The van der Waals surface area contributed by atoms with Crippen molar-refractivity contribution in [1.82, 2.24) is 0 Å². The third-order valence-electron chi connectivity index (χ3n) is 3.24. The summed E-state index contributed by atoms with van der Waals surface area (Å²) in [5.41, 5.74) is 8.66. The Labute approximate surface area is 110 Å². The Bertz CT molecular complexity index is 565. The first-order chi connectivity index (χ1) is 8.81. The van der Waals surface area contributed by atoms with E-state index < -0.39 is 0 Å². The predicted molar refractivity (Wildman–Crippen MR) is 72.5 cm³/mol. The highest BCUT2D eigenvalue weighted by molar-refractivity contribution is 7.10. The lowest BCUT2D eigenvalue weighted by molar-refractivity contribution is 0.352. The van der Waals surface area contributed by atoms with Gasteiger partial charge in [-0.25, -0.2) is 0 Å². The summed E-state index contributed by atoms with van der Waals surface area (Å²) in [6, 6.07) is 7.94. The molecule has 0 bridgehead atoms. The Morgan fingerprint density at radius 1 is 1.39 bits per heavy atom. The number of ether oxygens (including phenoxy) is 2. The minimum absolute atomic E-state index is 0.187. The third-order valence-corrected chi connectivity index (χ3v) is 4.22. The predicted octanol–water partition coefficient (Wildman–Crippen LogP) is 2.74. The van der Waals surface area contributed by atoms with Gasteiger partial charge in [0.05, 0.1) is 24.6 Å². The van der Waals surface area contributed by atoms with Gasteiger partial charge in [-0.3, -0.25) is 0 Å². The van der Waals surface area contributed by atoms with Crippen LogP contribution in [0.1, 0.15) is 22.0 Å². The maximum absolute atomic E-state index is 6.36. The topological polar surface area (TPSA) is 44.5 Å². The van der Waals surface area contributed by atoms with Gasteiger partial charge in [-0.15, -0.1) is 11.3 Å². The van der Waals surface area contributed by atoms with Crippen LogP contribution in [0.4, 0.5) is 0 Å². The van der Waals surface area contributed by atoms with Crippen molar-refractivity contribution in [2.75, 3.05) is 13.7 Å². The van der Waals surface area contributed by atoms with Crippen LogP contribution in [0.25, 0.3) is 0 Å². The maximum Gasteiger partial charge on any atom is 0.134 e. The monoisotopic (exact) mass is 261 g/mol. The van der Waals surface area contributed by atoms with Gasteiger partial charge < -0.3 is 15.2 Å². The van der Waals surface area contributed by atoms with Crippen molar-refractivity contribution in [2.24, 2.45) is 5.73 Å². The fourth-order valence-electron chi connectivity index (χ4n) is 2.33. The van der Waals surface area contributed by atoms with Crippen LogP contribution in [0.2, 0.25) is 0 Å². The number of methoxy groups -OCH3 is 1. The first-order valence-corrected chi connectivity index (χ1v) is 6.80. The van der Waals surface area contributed by atoms with Gasteiger partial charge >= 0.3 is 0 Å². The molecule has 3 nitrogen and oxygen atoms in total. The molecule has 2 N–H and O–H groups in total. The van der Waals surface area contributed by atoms with Gasteiger partial charge in [-0.1, -0.05) is 18.2 Å². The second kappa shape index (κ2) is 4.63. The van der Waals surface area contributed by atoms with Crippen molar-refractivity contribution in [1.29, 1.82) is 0 Å². The molecule has 1 aromatic heterocycles. The highest BCUT2D eigenvalue weighted by Crippen LogP contribution is 2.39. The fourth-order valence-corrected chi connectivity index (χ4v) is 3.21. The summed E-state index contributed by atoms with van der Waals surface area (Å²) in [5.74, 6) is 1.81.